The quantitative estimate of drug-likeness (QED) is 0.103. The molecule has 3 aromatic rings. The summed E-state index contributed by atoms with van der Waals surface area (Å²) in [7, 11) is 0. The average Bonchev–Trinajstić information content (AvgIpc) is 3.42. The lowest BCUT2D eigenvalue weighted by molar-refractivity contribution is -0.149. The minimum absolute atomic E-state index is 0.0503. The summed E-state index contributed by atoms with van der Waals surface area (Å²) < 4.78 is 28.4. The van der Waals surface area contributed by atoms with Gasteiger partial charge in [0.25, 0.3) is 5.56 Å². The highest BCUT2D eigenvalue weighted by molar-refractivity contribution is 9.39. The number of aromatic amines is 1. The lowest BCUT2D eigenvalue weighted by Gasteiger charge is -2.28. The van der Waals surface area contributed by atoms with Crippen LogP contribution in [-0.4, -0.2) is 106 Å². The number of alkyl carbamates (subject to hydrolysis) is 1. The van der Waals surface area contributed by atoms with Gasteiger partial charge in [0.05, 0.1) is 44.7 Å². The summed E-state index contributed by atoms with van der Waals surface area (Å²) in [5.41, 5.74) is 2.79. The number of hydrogen-bond donors (Lipinski definition) is 2. The maximum Gasteiger partial charge on any atom is 0.407 e. The molecular weight excluding hydrogens is 900 g/mol. The second-order valence-electron chi connectivity index (χ2n) is 13.6. The van der Waals surface area contributed by atoms with Crippen LogP contribution in [0.15, 0.2) is 64.3 Å². The van der Waals surface area contributed by atoms with Crippen molar-refractivity contribution in [3.63, 3.8) is 0 Å². The number of rotatable bonds is 18. The van der Waals surface area contributed by atoms with E-state index < -0.39 is 50.5 Å². The SMILES string of the molecule is Cc1cn(CC(=O)N(CC(=O)OCC(Br)(Br)Br)C[C@H](COCCOCCOC(C)(C)C)NC(=O)OCC2c3ccccc3-c3ccccc32)c(=O)[nH]c1=O. The molecule has 1 heterocycles. The van der Waals surface area contributed by atoms with Gasteiger partial charge in [0, 0.05) is 24.2 Å². The third kappa shape index (κ3) is 13.7. The Morgan fingerprint density at radius 1 is 0.907 bits per heavy atom. The van der Waals surface area contributed by atoms with Crippen molar-refractivity contribution in [3.8, 4) is 11.1 Å². The Morgan fingerprint density at radius 2 is 1.52 bits per heavy atom. The molecule has 2 amide bonds. The fourth-order valence-corrected chi connectivity index (χ4v) is 6.01. The Kier molecular flexibility index (Phi) is 16.1. The van der Waals surface area contributed by atoms with E-state index in [1.165, 1.54) is 13.1 Å². The summed E-state index contributed by atoms with van der Waals surface area (Å²) >= 11 is 9.81. The van der Waals surface area contributed by atoms with Gasteiger partial charge in [-0.1, -0.05) is 96.3 Å². The van der Waals surface area contributed by atoms with E-state index in [-0.39, 0.29) is 56.7 Å². The van der Waals surface area contributed by atoms with Gasteiger partial charge in [-0.25, -0.2) is 9.59 Å². The van der Waals surface area contributed by atoms with Crippen LogP contribution < -0.4 is 16.6 Å². The number of benzene rings is 2. The van der Waals surface area contributed by atoms with Crippen molar-refractivity contribution in [2.24, 2.45) is 0 Å². The predicted octanol–water partition coefficient (Wildman–Crippen LogP) is 4.81. The van der Waals surface area contributed by atoms with Crippen molar-refractivity contribution < 1.29 is 38.1 Å². The first-order valence-electron chi connectivity index (χ1n) is 17.2. The predicted molar refractivity (Wildman–Crippen MR) is 212 cm³/mol. The number of carbonyl (C=O) groups excluding carboxylic acids is 3. The first-order valence-corrected chi connectivity index (χ1v) is 19.6. The second kappa shape index (κ2) is 20.0. The Morgan fingerprint density at radius 3 is 2.15 bits per heavy atom. The molecule has 0 unspecified atom stereocenters. The van der Waals surface area contributed by atoms with Crippen LogP contribution in [0.2, 0.25) is 0 Å². The molecule has 0 fully saturated rings. The molecule has 294 valence electrons. The minimum Gasteiger partial charge on any atom is -0.461 e. The first-order chi connectivity index (χ1) is 25.5. The van der Waals surface area contributed by atoms with Gasteiger partial charge < -0.3 is 33.9 Å². The molecule has 4 rings (SSSR count). The van der Waals surface area contributed by atoms with Crippen LogP contribution in [0.25, 0.3) is 11.1 Å². The fraction of sp³-hybridized carbons (Fsp3) is 0.486. The zero-order valence-corrected chi connectivity index (χ0v) is 35.3. The van der Waals surface area contributed by atoms with Crippen LogP contribution >= 0.6 is 47.8 Å². The molecule has 0 radical (unpaired) electrons. The Labute approximate surface area is 338 Å². The summed E-state index contributed by atoms with van der Waals surface area (Å²) in [5.74, 6) is -1.61. The standard InChI is InChI=1S/C37H45Br3N4O10/c1-24-17-44(34(48)42-33(24)47)19-31(45)43(20-32(46)53-23-37(38,39)40)18-25(21-51-14-13-50-15-16-54-36(2,3)4)41-35(49)52-22-30-28-11-7-5-9-26(28)27-10-6-8-12-29(27)30/h5-12,17,25,30H,13-16,18-23H2,1-4H3,(H,41,49)(H,42,47,48)/t25-/m1/s1. The van der Waals surface area contributed by atoms with Crippen LogP contribution in [-0.2, 0) is 39.8 Å². The normalized spacial score (nSPS) is 13.2. The molecule has 0 saturated carbocycles. The van der Waals surface area contributed by atoms with Crippen LogP contribution in [0, 0.1) is 6.92 Å². The molecule has 0 bridgehead atoms. The molecule has 14 nitrogen and oxygen atoms in total. The molecule has 0 aliphatic heterocycles. The van der Waals surface area contributed by atoms with E-state index in [2.05, 4.69) is 58.1 Å². The molecule has 0 spiro atoms. The molecule has 1 atom stereocenters. The number of fused-ring (bicyclic) bond motifs is 3. The van der Waals surface area contributed by atoms with E-state index in [0.29, 0.717) is 13.2 Å². The summed E-state index contributed by atoms with van der Waals surface area (Å²) in [4.78, 5) is 67.8. The lowest BCUT2D eigenvalue weighted by atomic mass is 9.98. The first kappa shape index (κ1) is 43.4. The van der Waals surface area contributed by atoms with Gasteiger partial charge in [-0.15, -0.1) is 0 Å². The molecule has 1 aliphatic rings. The van der Waals surface area contributed by atoms with E-state index in [9.17, 15) is 24.0 Å². The number of H-pyrrole nitrogens is 1. The fourth-order valence-electron chi connectivity index (χ4n) is 5.67. The summed E-state index contributed by atoms with van der Waals surface area (Å²) in [6, 6.07) is 15.0. The van der Waals surface area contributed by atoms with Gasteiger partial charge in [0.2, 0.25) is 5.91 Å². The molecule has 0 saturated heterocycles. The van der Waals surface area contributed by atoms with Gasteiger partial charge >= 0.3 is 17.8 Å². The van der Waals surface area contributed by atoms with E-state index in [4.69, 9.17) is 23.7 Å². The number of aromatic nitrogens is 2. The van der Waals surface area contributed by atoms with Gasteiger partial charge in [-0.2, -0.15) is 0 Å². The van der Waals surface area contributed by atoms with Crippen LogP contribution in [0.4, 0.5) is 4.79 Å². The number of ether oxygens (including phenoxy) is 5. The lowest BCUT2D eigenvalue weighted by Crippen LogP contribution is -2.51. The van der Waals surface area contributed by atoms with Crippen molar-refractivity contribution in [2.45, 2.75) is 53.9 Å². The average molecular weight is 945 g/mol. The number of halogens is 3. The minimum atomic E-state index is -0.888. The number of hydrogen-bond acceptors (Lipinski definition) is 10. The molecule has 1 aromatic heterocycles. The van der Waals surface area contributed by atoms with Crippen LogP contribution in [0.5, 0.6) is 0 Å². The number of nitrogens with one attached hydrogen (secondary N) is 2. The maximum atomic E-state index is 13.7. The smallest absolute Gasteiger partial charge is 0.407 e. The van der Waals surface area contributed by atoms with Gasteiger partial charge in [-0.3, -0.25) is 23.9 Å². The Bertz CT molecular complexity index is 1830. The number of aryl methyl sites for hydroxylation is 1. The third-order valence-corrected chi connectivity index (χ3v) is 8.81. The van der Waals surface area contributed by atoms with E-state index >= 15 is 0 Å². The molecule has 1 aliphatic carbocycles. The van der Waals surface area contributed by atoms with E-state index in [1.807, 2.05) is 69.3 Å². The highest BCUT2D eigenvalue weighted by Gasteiger charge is 2.30. The number of alkyl halides is 3. The number of amides is 2. The van der Waals surface area contributed by atoms with Crippen molar-refractivity contribution in [2.75, 3.05) is 59.3 Å². The monoisotopic (exact) mass is 942 g/mol. The van der Waals surface area contributed by atoms with Crippen LogP contribution in [0.3, 0.4) is 0 Å². The topological polar surface area (TPSA) is 167 Å². The van der Waals surface area contributed by atoms with Gasteiger partial charge in [0.1, 0.15) is 26.3 Å². The zero-order chi connectivity index (χ0) is 39.5. The summed E-state index contributed by atoms with van der Waals surface area (Å²) in [6.45, 7) is 7.06. The zero-order valence-electron chi connectivity index (χ0n) is 30.5. The Balaban J connectivity index is 1.48. The van der Waals surface area contributed by atoms with Crippen molar-refractivity contribution in [1.29, 1.82) is 0 Å². The summed E-state index contributed by atoms with van der Waals surface area (Å²) in [6.07, 6.45) is 0.498. The highest BCUT2D eigenvalue weighted by atomic mass is 80.0. The second-order valence-corrected chi connectivity index (χ2v) is 20.8. The molecular formula is C37H45Br3N4O10. The van der Waals surface area contributed by atoms with Crippen LogP contribution in [0.1, 0.15) is 43.4 Å². The van der Waals surface area contributed by atoms with E-state index in [1.54, 1.807) is 0 Å². The van der Waals surface area contributed by atoms with Gasteiger partial charge in [0.15, 0.2) is 2.14 Å². The van der Waals surface area contributed by atoms with Crippen molar-refractivity contribution >= 4 is 65.8 Å². The van der Waals surface area contributed by atoms with Gasteiger partial charge in [-0.05, 0) is 49.9 Å². The molecule has 2 aromatic carbocycles. The molecule has 2 N–H and O–H groups in total. The number of nitrogens with zero attached hydrogens (tertiary/aromatic N) is 2. The largest absolute Gasteiger partial charge is 0.461 e. The van der Waals surface area contributed by atoms with Crippen molar-refractivity contribution in [1.82, 2.24) is 19.8 Å². The molecule has 54 heavy (non-hydrogen) atoms. The number of esters is 1. The maximum absolute atomic E-state index is 13.7. The highest BCUT2D eigenvalue weighted by Crippen LogP contribution is 2.44. The number of carbonyl (C=O) groups is 3. The Hall–Kier alpha value is -3.35. The van der Waals surface area contributed by atoms with Crippen molar-refractivity contribution in [3.05, 3.63) is 92.3 Å². The summed E-state index contributed by atoms with van der Waals surface area (Å²) in [5, 5.41) is 2.79. The van der Waals surface area contributed by atoms with E-state index in [0.717, 1.165) is 31.7 Å². The third-order valence-electron chi connectivity index (χ3n) is 8.12. The molecule has 17 heteroatoms.